The van der Waals surface area contributed by atoms with Crippen molar-refractivity contribution in [2.24, 2.45) is 10.2 Å². The first-order valence-corrected chi connectivity index (χ1v) is 6.64. The molecule has 0 saturated carbocycles. The maximum Gasteiger partial charge on any atom is 0.414 e. The molecule has 5 heteroatoms. The number of azo groups is 1. The summed E-state index contributed by atoms with van der Waals surface area (Å²) in [4.78, 5) is 13.3. The number of hydrogen-bond donors (Lipinski definition) is 0. The van der Waals surface area contributed by atoms with Crippen molar-refractivity contribution < 1.29 is 9.53 Å². The maximum atomic E-state index is 11.8. The average molecular weight is 283 g/mol. The van der Waals surface area contributed by atoms with Crippen LogP contribution in [0, 0.1) is 0 Å². The first-order chi connectivity index (χ1) is 10.3. The van der Waals surface area contributed by atoms with Gasteiger partial charge in [-0.15, -0.1) is 0 Å². The Morgan fingerprint density at radius 3 is 2.29 bits per heavy atom. The first kappa shape index (κ1) is 14.7. The number of benzene rings is 2. The molecule has 0 heterocycles. The highest BCUT2D eigenvalue weighted by Crippen LogP contribution is 2.14. The number of rotatable bonds is 5. The zero-order valence-corrected chi connectivity index (χ0v) is 11.8. The Labute approximate surface area is 123 Å². The zero-order chi connectivity index (χ0) is 14.9. The highest BCUT2D eigenvalue weighted by atomic mass is 16.5. The molecule has 2 aromatic rings. The van der Waals surface area contributed by atoms with Crippen LogP contribution in [0.5, 0.6) is 0 Å². The fourth-order valence-electron chi connectivity index (χ4n) is 1.81. The van der Waals surface area contributed by atoms with Gasteiger partial charge in [0, 0.05) is 5.69 Å². The second kappa shape index (κ2) is 7.79. The van der Waals surface area contributed by atoms with Crippen LogP contribution in [-0.2, 0) is 4.74 Å². The summed E-state index contributed by atoms with van der Waals surface area (Å²) in [5.74, 6) is 0. The Bertz CT molecular complexity index is 585. The minimum atomic E-state index is -0.406. The summed E-state index contributed by atoms with van der Waals surface area (Å²) >= 11 is 0. The molecule has 0 unspecified atom stereocenters. The van der Waals surface area contributed by atoms with E-state index in [4.69, 9.17) is 4.74 Å². The van der Waals surface area contributed by atoms with E-state index in [1.165, 1.54) is 12.0 Å². The minimum absolute atomic E-state index is 0.402. The number of carbonyl (C=O) groups is 1. The maximum absolute atomic E-state index is 11.8. The van der Waals surface area contributed by atoms with Crippen molar-refractivity contribution in [1.29, 1.82) is 0 Å². The van der Waals surface area contributed by atoms with Crippen LogP contribution in [0.1, 0.15) is 0 Å². The van der Waals surface area contributed by atoms with Crippen LogP contribution < -0.4 is 4.90 Å². The number of para-hydroxylation sites is 1. The van der Waals surface area contributed by atoms with Crippen LogP contribution in [0.3, 0.4) is 0 Å². The standard InChI is InChI=1S/C16H17N3O2/c1-21-16(20)19(15-10-6-3-7-11-15)13-12-17-18-14-8-4-2-5-9-14/h2-11H,12-13H2,1H3. The topological polar surface area (TPSA) is 54.3 Å². The van der Waals surface area contributed by atoms with E-state index in [9.17, 15) is 4.79 Å². The molecule has 0 fully saturated rings. The third-order valence-corrected chi connectivity index (χ3v) is 2.83. The predicted octanol–water partition coefficient (Wildman–Crippen LogP) is 4.04. The van der Waals surface area contributed by atoms with Gasteiger partial charge in [0.15, 0.2) is 0 Å². The van der Waals surface area contributed by atoms with Crippen molar-refractivity contribution >= 4 is 17.5 Å². The average Bonchev–Trinajstić information content (AvgIpc) is 2.56. The molecule has 0 aliphatic carbocycles. The molecular formula is C16H17N3O2. The molecule has 21 heavy (non-hydrogen) atoms. The van der Waals surface area contributed by atoms with Crippen LogP contribution >= 0.6 is 0 Å². The summed E-state index contributed by atoms with van der Waals surface area (Å²) in [7, 11) is 1.36. The largest absolute Gasteiger partial charge is 0.452 e. The van der Waals surface area contributed by atoms with Crippen molar-refractivity contribution in [3.8, 4) is 0 Å². The lowest BCUT2D eigenvalue weighted by Crippen LogP contribution is -2.32. The van der Waals surface area contributed by atoms with Crippen LogP contribution in [0.25, 0.3) is 0 Å². The highest BCUT2D eigenvalue weighted by Gasteiger charge is 2.14. The molecule has 5 nitrogen and oxygen atoms in total. The highest BCUT2D eigenvalue weighted by molar-refractivity contribution is 5.87. The molecule has 0 saturated heterocycles. The third-order valence-electron chi connectivity index (χ3n) is 2.83. The van der Waals surface area contributed by atoms with Gasteiger partial charge < -0.3 is 4.74 Å². The summed E-state index contributed by atoms with van der Waals surface area (Å²) in [6.07, 6.45) is -0.406. The van der Waals surface area contributed by atoms with Crippen LogP contribution in [0.4, 0.5) is 16.2 Å². The van der Waals surface area contributed by atoms with Crippen LogP contribution in [-0.4, -0.2) is 26.3 Å². The first-order valence-electron chi connectivity index (χ1n) is 6.64. The normalized spacial score (nSPS) is 10.5. The molecule has 0 radical (unpaired) electrons. The van der Waals surface area contributed by atoms with Gasteiger partial charge in [0.05, 0.1) is 25.9 Å². The van der Waals surface area contributed by atoms with E-state index in [0.29, 0.717) is 13.1 Å². The number of anilines is 1. The van der Waals surface area contributed by atoms with E-state index in [2.05, 4.69) is 10.2 Å². The third kappa shape index (κ3) is 4.42. The number of nitrogens with zero attached hydrogens (tertiary/aromatic N) is 3. The fourth-order valence-corrected chi connectivity index (χ4v) is 1.81. The van der Waals surface area contributed by atoms with Crippen molar-refractivity contribution in [2.75, 3.05) is 25.1 Å². The SMILES string of the molecule is COC(=O)N(CCN=Nc1ccccc1)c1ccccc1. The summed E-state index contributed by atoms with van der Waals surface area (Å²) in [6.45, 7) is 0.811. The second-order valence-corrected chi connectivity index (χ2v) is 4.26. The van der Waals surface area contributed by atoms with Gasteiger partial charge in [0.25, 0.3) is 0 Å². The molecule has 0 spiro atoms. The lowest BCUT2D eigenvalue weighted by molar-refractivity contribution is 0.179. The predicted molar refractivity (Wildman–Crippen MR) is 82.0 cm³/mol. The Morgan fingerprint density at radius 1 is 1.05 bits per heavy atom. The molecule has 0 N–H and O–H groups in total. The Kier molecular flexibility index (Phi) is 5.46. The van der Waals surface area contributed by atoms with E-state index in [1.807, 2.05) is 60.7 Å². The number of carbonyl (C=O) groups excluding carboxylic acids is 1. The van der Waals surface area contributed by atoms with E-state index in [-0.39, 0.29) is 0 Å². The van der Waals surface area contributed by atoms with Crippen molar-refractivity contribution in [3.05, 3.63) is 60.7 Å². The molecule has 0 aliphatic rings. The summed E-state index contributed by atoms with van der Waals surface area (Å²) in [5, 5.41) is 8.20. The quantitative estimate of drug-likeness (QED) is 0.777. The number of amides is 1. The summed E-state index contributed by atoms with van der Waals surface area (Å²) in [6, 6.07) is 18.8. The number of ether oxygens (including phenoxy) is 1. The lowest BCUT2D eigenvalue weighted by atomic mass is 10.3. The van der Waals surface area contributed by atoms with Crippen LogP contribution in [0.15, 0.2) is 70.9 Å². The monoisotopic (exact) mass is 283 g/mol. The Hall–Kier alpha value is -2.69. The summed E-state index contributed by atoms with van der Waals surface area (Å²) in [5.41, 5.74) is 1.57. The molecule has 108 valence electrons. The smallest absolute Gasteiger partial charge is 0.414 e. The molecule has 0 aliphatic heterocycles. The van der Waals surface area contributed by atoms with E-state index >= 15 is 0 Å². The van der Waals surface area contributed by atoms with E-state index < -0.39 is 6.09 Å². The molecule has 2 rings (SSSR count). The van der Waals surface area contributed by atoms with Crippen molar-refractivity contribution in [3.63, 3.8) is 0 Å². The minimum Gasteiger partial charge on any atom is -0.452 e. The van der Waals surface area contributed by atoms with Crippen molar-refractivity contribution in [2.45, 2.75) is 0 Å². The number of methoxy groups -OCH3 is 1. The second-order valence-electron chi connectivity index (χ2n) is 4.26. The molecule has 1 amide bonds. The van der Waals surface area contributed by atoms with Gasteiger partial charge >= 0.3 is 6.09 Å². The molecule has 0 bridgehead atoms. The van der Waals surface area contributed by atoms with Gasteiger partial charge in [-0.1, -0.05) is 36.4 Å². The lowest BCUT2D eigenvalue weighted by Gasteiger charge is -2.19. The molecule has 0 atom stereocenters. The number of hydrogen-bond acceptors (Lipinski definition) is 4. The van der Waals surface area contributed by atoms with Gasteiger partial charge in [0.1, 0.15) is 0 Å². The Balaban J connectivity index is 1.97. The Morgan fingerprint density at radius 2 is 1.67 bits per heavy atom. The molecule has 0 aromatic heterocycles. The van der Waals surface area contributed by atoms with Crippen LogP contribution in [0.2, 0.25) is 0 Å². The van der Waals surface area contributed by atoms with Gasteiger partial charge in [-0.3, -0.25) is 4.90 Å². The van der Waals surface area contributed by atoms with Gasteiger partial charge in [-0.05, 0) is 24.3 Å². The fraction of sp³-hybridized carbons (Fsp3) is 0.188. The van der Waals surface area contributed by atoms with Gasteiger partial charge in [-0.25, -0.2) is 4.79 Å². The van der Waals surface area contributed by atoms with Gasteiger partial charge in [-0.2, -0.15) is 10.2 Å². The molecular weight excluding hydrogens is 266 g/mol. The van der Waals surface area contributed by atoms with E-state index in [1.54, 1.807) is 0 Å². The van der Waals surface area contributed by atoms with Crippen molar-refractivity contribution in [1.82, 2.24) is 0 Å². The van der Waals surface area contributed by atoms with Gasteiger partial charge in [0.2, 0.25) is 0 Å². The zero-order valence-electron chi connectivity index (χ0n) is 11.8. The van der Waals surface area contributed by atoms with E-state index in [0.717, 1.165) is 11.4 Å². The summed E-state index contributed by atoms with van der Waals surface area (Å²) < 4.78 is 4.80. The molecule has 2 aromatic carbocycles.